The summed E-state index contributed by atoms with van der Waals surface area (Å²) >= 11 is 0. The highest BCUT2D eigenvalue weighted by Gasteiger charge is 2.07. The fourth-order valence-corrected chi connectivity index (χ4v) is 1.51. The van der Waals surface area contributed by atoms with Crippen molar-refractivity contribution in [2.75, 3.05) is 0 Å². The second-order valence-corrected chi connectivity index (χ2v) is 3.72. The Hall–Kier alpha value is -2.64. The van der Waals surface area contributed by atoms with Crippen LogP contribution in [-0.2, 0) is 6.67 Å². The molecule has 0 saturated carbocycles. The topological polar surface area (TPSA) is 87.2 Å². The summed E-state index contributed by atoms with van der Waals surface area (Å²) in [5, 5.41) is 23.4. The first-order valence-electron chi connectivity index (χ1n) is 5.39. The molecule has 0 spiro atoms. The first-order chi connectivity index (χ1) is 8.83. The van der Waals surface area contributed by atoms with Crippen molar-refractivity contribution in [3.63, 3.8) is 0 Å². The molecule has 3 aromatic rings. The maximum atomic E-state index is 4.27. The van der Waals surface area contributed by atoms with Crippen LogP contribution in [0.15, 0.2) is 30.3 Å². The number of hydrogen-bond acceptors (Lipinski definition) is 6. The smallest absolute Gasteiger partial charge is 0.204 e. The molecule has 0 saturated heterocycles. The summed E-state index contributed by atoms with van der Waals surface area (Å²) in [7, 11) is 0. The molecular formula is C10H10N8. The number of benzene rings is 1. The third-order valence-electron chi connectivity index (χ3n) is 2.46. The van der Waals surface area contributed by atoms with Gasteiger partial charge in [-0.25, -0.2) is 4.68 Å². The number of nitrogens with zero attached hydrogens (tertiary/aromatic N) is 8. The van der Waals surface area contributed by atoms with Gasteiger partial charge in [-0.15, -0.1) is 20.1 Å². The monoisotopic (exact) mass is 242 g/mol. The molecule has 18 heavy (non-hydrogen) atoms. The molecule has 0 aliphatic carbocycles. The number of aromatic nitrogens is 8. The van der Waals surface area contributed by atoms with Crippen LogP contribution in [0.3, 0.4) is 0 Å². The normalized spacial score (nSPS) is 10.7. The molecule has 0 aliphatic rings. The van der Waals surface area contributed by atoms with Crippen LogP contribution in [0.25, 0.3) is 11.4 Å². The van der Waals surface area contributed by atoms with Crippen LogP contribution in [0, 0.1) is 6.92 Å². The zero-order chi connectivity index (χ0) is 12.4. The van der Waals surface area contributed by atoms with Crippen LogP contribution in [0.2, 0.25) is 0 Å². The molecule has 8 heteroatoms. The molecule has 0 bridgehead atoms. The molecule has 0 N–H and O–H groups in total. The van der Waals surface area contributed by atoms with Gasteiger partial charge in [-0.2, -0.15) is 0 Å². The lowest BCUT2D eigenvalue weighted by molar-refractivity contribution is 0.429. The Bertz CT molecular complexity index is 641. The third kappa shape index (κ3) is 1.95. The summed E-state index contributed by atoms with van der Waals surface area (Å²) in [5.41, 5.74) is 0.928. The minimum Gasteiger partial charge on any atom is -0.206 e. The van der Waals surface area contributed by atoms with Crippen LogP contribution in [0.4, 0.5) is 0 Å². The quantitative estimate of drug-likeness (QED) is 0.649. The summed E-state index contributed by atoms with van der Waals surface area (Å²) in [6.45, 7) is 2.16. The maximum Gasteiger partial charge on any atom is 0.204 e. The van der Waals surface area contributed by atoms with Gasteiger partial charge in [-0.1, -0.05) is 30.3 Å². The molecule has 2 heterocycles. The minimum atomic E-state index is 0.346. The highest BCUT2D eigenvalue weighted by molar-refractivity contribution is 5.52. The molecule has 0 unspecified atom stereocenters. The second kappa shape index (κ2) is 4.32. The molecule has 0 amide bonds. The van der Waals surface area contributed by atoms with Crippen LogP contribution in [-0.4, -0.2) is 40.4 Å². The molecule has 3 rings (SSSR count). The Labute approximate surface area is 102 Å². The molecule has 90 valence electrons. The Kier molecular flexibility index (Phi) is 2.52. The average Bonchev–Trinajstić information content (AvgIpc) is 3.02. The van der Waals surface area contributed by atoms with E-state index in [-0.39, 0.29) is 0 Å². The van der Waals surface area contributed by atoms with E-state index in [1.807, 2.05) is 37.3 Å². The van der Waals surface area contributed by atoms with E-state index >= 15 is 0 Å². The van der Waals surface area contributed by atoms with E-state index in [9.17, 15) is 0 Å². The second-order valence-electron chi connectivity index (χ2n) is 3.72. The molecule has 0 radical (unpaired) electrons. The van der Waals surface area contributed by atoms with Gasteiger partial charge in [0.05, 0.1) is 0 Å². The fourth-order valence-electron chi connectivity index (χ4n) is 1.51. The highest BCUT2D eigenvalue weighted by Crippen LogP contribution is 2.11. The predicted molar refractivity (Wildman–Crippen MR) is 61.2 cm³/mol. The Morgan fingerprint density at radius 1 is 1.06 bits per heavy atom. The predicted octanol–water partition coefficient (Wildman–Crippen LogP) is 0.141. The number of hydrogen-bond donors (Lipinski definition) is 0. The van der Waals surface area contributed by atoms with Gasteiger partial charge in [0.2, 0.25) is 5.82 Å². The first kappa shape index (κ1) is 10.5. The van der Waals surface area contributed by atoms with E-state index in [0.717, 1.165) is 5.56 Å². The molecular weight excluding hydrogens is 232 g/mol. The fraction of sp³-hybridized carbons (Fsp3) is 0.200. The van der Waals surface area contributed by atoms with E-state index < -0.39 is 0 Å². The molecule has 0 aliphatic heterocycles. The van der Waals surface area contributed by atoms with Crippen molar-refractivity contribution >= 4 is 0 Å². The van der Waals surface area contributed by atoms with Crippen molar-refractivity contribution in [3.05, 3.63) is 36.2 Å². The van der Waals surface area contributed by atoms with Crippen molar-refractivity contribution in [1.82, 2.24) is 40.4 Å². The van der Waals surface area contributed by atoms with E-state index in [4.69, 9.17) is 0 Å². The number of tetrazole rings is 2. The Balaban J connectivity index is 1.84. The summed E-state index contributed by atoms with van der Waals surface area (Å²) in [4.78, 5) is 1.45. The van der Waals surface area contributed by atoms with E-state index in [1.54, 1.807) is 4.68 Å². The van der Waals surface area contributed by atoms with Gasteiger partial charge in [-0.05, 0) is 22.6 Å². The van der Waals surface area contributed by atoms with Gasteiger partial charge in [0.25, 0.3) is 0 Å². The van der Waals surface area contributed by atoms with Crippen molar-refractivity contribution in [1.29, 1.82) is 0 Å². The van der Waals surface area contributed by atoms with Crippen LogP contribution >= 0.6 is 0 Å². The maximum absolute atomic E-state index is 4.27. The SMILES string of the molecule is Cc1nnnn1Cn1nnc(-c2ccccc2)n1. The first-order valence-corrected chi connectivity index (χ1v) is 5.39. The van der Waals surface area contributed by atoms with Crippen LogP contribution in [0.1, 0.15) is 5.82 Å². The van der Waals surface area contributed by atoms with Gasteiger partial charge in [0, 0.05) is 5.56 Å². The van der Waals surface area contributed by atoms with Gasteiger partial charge in [0.1, 0.15) is 0 Å². The summed E-state index contributed by atoms with van der Waals surface area (Å²) in [6.07, 6.45) is 0. The Morgan fingerprint density at radius 2 is 1.89 bits per heavy atom. The molecule has 1 aromatic carbocycles. The van der Waals surface area contributed by atoms with Crippen molar-refractivity contribution in [2.24, 2.45) is 0 Å². The van der Waals surface area contributed by atoms with Crippen LogP contribution < -0.4 is 0 Å². The highest BCUT2D eigenvalue weighted by atomic mass is 15.6. The largest absolute Gasteiger partial charge is 0.206 e. The van der Waals surface area contributed by atoms with Gasteiger partial charge < -0.3 is 0 Å². The lowest BCUT2D eigenvalue weighted by atomic mass is 10.2. The Morgan fingerprint density at radius 3 is 2.61 bits per heavy atom. The van der Waals surface area contributed by atoms with E-state index in [2.05, 4.69) is 30.9 Å². The number of rotatable bonds is 3. The van der Waals surface area contributed by atoms with E-state index in [1.165, 1.54) is 4.80 Å². The molecule has 2 aromatic heterocycles. The minimum absolute atomic E-state index is 0.346. The summed E-state index contributed by atoms with van der Waals surface area (Å²) in [5.74, 6) is 1.29. The average molecular weight is 242 g/mol. The van der Waals surface area contributed by atoms with Crippen LogP contribution in [0.5, 0.6) is 0 Å². The van der Waals surface area contributed by atoms with E-state index in [0.29, 0.717) is 18.3 Å². The standard InChI is InChI=1S/C10H10N8/c1-8-11-14-16-17(8)7-18-13-10(12-15-18)9-5-3-2-4-6-9/h2-6H,7H2,1H3. The van der Waals surface area contributed by atoms with Gasteiger partial charge in [-0.3, -0.25) is 0 Å². The third-order valence-corrected chi connectivity index (χ3v) is 2.46. The summed E-state index contributed by atoms with van der Waals surface area (Å²) in [6, 6.07) is 9.68. The van der Waals surface area contributed by atoms with Crippen molar-refractivity contribution < 1.29 is 0 Å². The zero-order valence-electron chi connectivity index (χ0n) is 9.67. The van der Waals surface area contributed by atoms with Gasteiger partial charge in [0.15, 0.2) is 12.5 Å². The molecule has 8 nitrogen and oxygen atoms in total. The summed E-state index contributed by atoms with van der Waals surface area (Å²) < 4.78 is 1.59. The number of aryl methyl sites for hydroxylation is 1. The van der Waals surface area contributed by atoms with Crippen molar-refractivity contribution in [3.8, 4) is 11.4 Å². The lowest BCUT2D eigenvalue weighted by Gasteiger charge is -1.98. The van der Waals surface area contributed by atoms with Crippen molar-refractivity contribution in [2.45, 2.75) is 13.6 Å². The molecule has 0 atom stereocenters. The molecule has 0 fully saturated rings. The van der Waals surface area contributed by atoms with Gasteiger partial charge >= 0.3 is 0 Å². The zero-order valence-corrected chi connectivity index (χ0v) is 9.67. The lowest BCUT2D eigenvalue weighted by Crippen LogP contribution is -2.14.